The summed E-state index contributed by atoms with van der Waals surface area (Å²) >= 11 is 0. The van der Waals surface area contributed by atoms with Crippen molar-refractivity contribution in [1.29, 1.82) is 0 Å². The highest BCUT2D eigenvalue weighted by Gasteiger charge is 2.45. The van der Waals surface area contributed by atoms with Gasteiger partial charge in [0, 0.05) is 13.1 Å². The molecular formula is C25H30N2P+. The van der Waals surface area contributed by atoms with Crippen LogP contribution in [-0.4, -0.2) is 35.2 Å². The van der Waals surface area contributed by atoms with E-state index in [1.165, 1.54) is 29.9 Å². The summed E-state index contributed by atoms with van der Waals surface area (Å²) in [5.41, 5.74) is 2.82. The number of nitrogens with zero attached hydrogens (tertiary/aromatic N) is 2. The number of hydrogen-bond donors (Lipinski definition) is 0. The first-order valence-electron chi connectivity index (χ1n) is 10.2. The van der Waals surface area contributed by atoms with E-state index in [1.54, 1.807) is 5.30 Å². The third-order valence-corrected chi connectivity index (χ3v) is 10.2. The Balaban J connectivity index is 1.61. The van der Waals surface area contributed by atoms with E-state index in [4.69, 9.17) is 0 Å². The van der Waals surface area contributed by atoms with Crippen molar-refractivity contribution in [3.05, 3.63) is 102 Å². The van der Waals surface area contributed by atoms with Gasteiger partial charge in [-0.25, -0.2) is 0 Å². The molecule has 1 saturated heterocycles. The number of rotatable bonds is 6. The summed E-state index contributed by atoms with van der Waals surface area (Å²) in [6.07, 6.45) is 3.69. The molecule has 1 heterocycles. The zero-order valence-electron chi connectivity index (χ0n) is 16.7. The average Bonchev–Trinajstić information content (AvgIpc) is 2.75. The van der Waals surface area contributed by atoms with Crippen molar-refractivity contribution in [1.82, 2.24) is 9.80 Å². The molecule has 0 N–H and O–H groups in total. The lowest BCUT2D eigenvalue weighted by Gasteiger charge is -2.42. The van der Waals surface area contributed by atoms with Crippen LogP contribution in [0.15, 0.2) is 91.0 Å². The Morgan fingerprint density at radius 1 is 0.643 bits per heavy atom. The highest BCUT2D eigenvalue weighted by atomic mass is 31.2. The van der Waals surface area contributed by atoms with Gasteiger partial charge in [0.25, 0.3) is 0 Å². The van der Waals surface area contributed by atoms with Gasteiger partial charge in [-0.15, -0.1) is 0 Å². The lowest BCUT2D eigenvalue weighted by Crippen LogP contribution is -2.48. The van der Waals surface area contributed by atoms with E-state index in [2.05, 4.69) is 108 Å². The third kappa shape index (κ3) is 4.52. The van der Waals surface area contributed by atoms with Crippen LogP contribution >= 0.6 is 7.26 Å². The molecule has 144 valence electrons. The maximum Gasteiger partial charge on any atom is 0.119 e. The van der Waals surface area contributed by atoms with Crippen LogP contribution in [0.2, 0.25) is 0 Å². The molecule has 0 spiro atoms. The molecule has 0 radical (unpaired) electrons. The minimum Gasteiger partial charge on any atom is -0.254 e. The van der Waals surface area contributed by atoms with Gasteiger partial charge in [-0.2, -0.15) is 0 Å². The quantitative estimate of drug-likeness (QED) is 0.532. The molecule has 0 aromatic heterocycles. The van der Waals surface area contributed by atoms with Crippen LogP contribution in [0.5, 0.6) is 0 Å². The van der Waals surface area contributed by atoms with Gasteiger partial charge in [-0.05, 0) is 30.2 Å². The van der Waals surface area contributed by atoms with Crippen molar-refractivity contribution in [2.24, 2.45) is 0 Å². The highest BCUT2D eigenvalue weighted by molar-refractivity contribution is 7.82. The van der Waals surface area contributed by atoms with Gasteiger partial charge in [0.15, 0.2) is 0 Å². The summed E-state index contributed by atoms with van der Waals surface area (Å²) in [7, 11) is -1.26. The first-order valence-corrected chi connectivity index (χ1v) is 12.6. The highest BCUT2D eigenvalue weighted by Crippen LogP contribution is 2.60. The van der Waals surface area contributed by atoms with Crippen LogP contribution in [0.3, 0.4) is 0 Å². The molecule has 0 aliphatic carbocycles. The molecule has 0 bridgehead atoms. The molecule has 1 fully saturated rings. The first kappa shape index (κ1) is 19.3. The summed E-state index contributed by atoms with van der Waals surface area (Å²) in [4.78, 5) is 5.35. The van der Waals surface area contributed by atoms with Gasteiger partial charge in [-0.1, -0.05) is 78.9 Å². The van der Waals surface area contributed by atoms with E-state index in [9.17, 15) is 0 Å². The van der Waals surface area contributed by atoms with E-state index >= 15 is 0 Å². The van der Waals surface area contributed by atoms with Crippen molar-refractivity contribution in [3.8, 4) is 0 Å². The molecule has 4 rings (SSSR count). The maximum absolute atomic E-state index is 2.67. The van der Waals surface area contributed by atoms with E-state index in [-0.39, 0.29) is 0 Å². The Morgan fingerprint density at radius 2 is 1.07 bits per heavy atom. The largest absolute Gasteiger partial charge is 0.254 e. The Labute approximate surface area is 170 Å². The van der Waals surface area contributed by atoms with Crippen LogP contribution < -0.4 is 5.30 Å². The minimum absolute atomic E-state index is 1.03. The normalized spacial score (nSPS) is 17.5. The van der Waals surface area contributed by atoms with Crippen molar-refractivity contribution in [2.75, 3.05) is 25.4 Å². The molecule has 2 nitrogen and oxygen atoms in total. The van der Waals surface area contributed by atoms with E-state index in [0.717, 1.165) is 19.8 Å². The maximum atomic E-state index is 2.67. The van der Waals surface area contributed by atoms with Gasteiger partial charge in [-0.3, -0.25) is 9.80 Å². The predicted molar refractivity (Wildman–Crippen MR) is 122 cm³/mol. The summed E-state index contributed by atoms with van der Waals surface area (Å²) in [5.74, 6) is 0. The fourth-order valence-electron chi connectivity index (χ4n) is 4.36. The second-order valence-electron chi connectivity index (χ2n) is 7.85. The van der Waals surface area contributed by atoms with Crippen LogP contribution in [-0.2, 0) is 13.1 Å². The molecule has 28 heavy (non-hydrogen) atoms. The Kier molecular flexibility index (Phi) is 6.22. The van der Waals surface area contributed by atoms with Gasteiger partial charge >= 0.3 is 0 Å². The van der Waals surface area contributed by atoms with Crippen molar-refractivity contribution < 1.29 is 0 Å². The first-order chi connectivity index (χ1) is 13.8. The number of hydrogen-bond acceptors (Lipinski definition) is 2. The molecule has 0 unspecified atom stereocenters. The second-order valence-corrected chi connectivity index (χ2v) is 11.9. The van der Waals surface area contributed by atoms with Crippen molar-refractivity contribution in [3.63, 3.8) is 0 Å². The summed E-state index contributed by atoms with van der Waals surface area (Å²) < 4.78 is 0. The van der Waals surface area contributed by atoms with Gasteiger partial charge in [0.1, 0.15) is 12.6 Å². The molecule has 1 aliphatic rings. The fraction of sp³-hybridized carbons (Fsp3) is 0.280. The van der Waals surface area contributed by atoms with Crippen LogP contribution in [0.1, 0.15) is 18.1 Å². The van der Waals surface area contributed by atoms with Gasteiger partial charge in [0.05, 0.1) is 25.4 Å². The Bertz CT molecular complexity index is 802. The third-order valence-electron chi connectivity index (χ3n) is 5.75. The van der Waals surface area contributed by atoms with Crippen LogP contribution in [0, 0.1) is 0 Å². The molecule has 0 saturated carbocycles. The van der Waals surface area contributed by atoms with E-state index in [1.807, 2.05) is 0 Å². The molecule has 1 aliphatic heterocycles. The van der Waals surface area contributed by atoms with Crippen molar-refractivity contribution in [2.45, 2.75) is 20.0 Å². The Hall–Kier alpha value is -1.99. The van der Waals surface area contributed by atoms with Crippen molar-refractivity contribution >= 4 is 12.6 Å². The van der Waals surface area contributed by atoms with E-state index < -0.39 is 7.26 Å². The van der Waals surface area contributed by atoms with Crippen LogP contribution in [0.4, 0.5) is 0 Å². The van der Waals surface area contributed by atoms with E-state index in [0.29, 0.717) is 0 Å². The summed E-state index contributed by atoms with van der Waals surface area (Å²) in [6.45, 7) is 5.49. The van der Waals surface area contributed by atoms with Crippen LogP contribution in [0.25, 0.3) is 0 Å². The Morgan fingerprint density at radius 3 is 1.50 bits per heavy atom. The standard InChI is InChI=1S/C25H30N2P/c1-2-28(25-16-10-5-11-17-25)21-26(18-23-12-6-3-7-13-23)20-27(22-28)19-24-14-8-4-9-15-24/h3-17H,2,18-22H2,1H3/q+1. The summed E-state index contributed by atoms with van der Waals surface area (Å²) in [6, 6.07) is 33.1. The van der Waals surface area contributed by atoms with Gasteiger partial charge < -0.3 is 0 Å². The zero-order valence-corrected chi connectivity index (χ0v) is 17.6. The SMILES string of the molecule is CC[P+]1(c2ccccc2)CN(Cc2ccccc2)CN(Cc2ccccc2)C1. The molecule has 3 aromatic rings. The monoisotopic (exact) mass is 389 g/mol. The smallest absolute Gasteiger partial charge is 0.119 e. The molecule has 3 aromatic carbocycles. The fourth-order valence-corrected chi connectivity index (χ4v) is 8.25. The minimum atomic E-state index is -1.26. The lowest BCUT2D eigenvalue weighted by molar-refractivity contribution is 0.139. The lowest BCUT2D eigenvalue weighted by atomic mass is 10.2. The molecule has 3 heteroatoms. The average molecular weight is 390 g/mol. The molecule has 0 amide bonds. The van der Waals surface area contributed by atoms with Gasteiger partial charge in [0.2, 0.25) is 0 Å². The summed E-state index contributed by atoms with van der Waals surface area (Å²) in [5, 5.41) is 1.58. The number of benzene rings is 3. The predicted octanol–water partition coefficient (Wildman–Crippen LogP) is 5.24. The topological polar surface area (TPSA) is 6.48 Å². The molecular weight excluding hydrogens is 359 g/mol. The molecule has 0 atom stereocenters. The second kappa shape index (κ2) is 9.01. The zero-order chi connectivity index (χ0) is 19.2.